The number of hydrogen-bond acceptors (Lipinski definition) is 0. The van der Waals surface area contributed by atoms with Crippen molar-refractivity contribution in [1.29, 1.82) is 0 Å². The van der Waals surface area contributed by atoms with Crippen LogP contribution in [0, 0.1) is 13.0 Å². The zero-order chi connectivity index (χ0) is 28.7. The largest absolute Gasteiger partial charge is 0.184 e. The molecule has 0 unspecified atom stereocenters. The van der Waals surface area contributed by atoms with Crippen LogP contribution < -0.4 is 0 Å². The maximum absolute atomic E-state index is 3.25. The van der Waals surface area contributed by atoms with E-state index in [1.807, 2.05) is 30.3 Å². The summed E-state index contributed by atoms with van der Waals surface area (Å²) in [7, 11) is 0. The van der Waals surface area contributed by atoms with E-state index in [1.165, 1.54) is 77.6 Å². The molecule has 0 aliphatic heterocycles. The van der Waals surface area contributed by atoms with Gasteiger partial charge in [0.1, 0.15) is 0 Å². The second-order valence-corrected chi connectivity index (χ2v) is 9.09. The van der Waals surface area contributed by atoms with Crippen LogP contribution in [0.15, 0.2) is 127 Å². The molecule has 0 aromatic heterocycles. The summed E-state index contributed by atoms with van der Waals surface area (Å²) < 4.78 is 0. The van der Waals surface area contributed by atoms with Gasteiger partial charge in [-0.15, -0.1) is 81.8 Å². The van der Waals surface area contributed by atoms with Gasteiger partial charge in [-0.1, -0.05) is 96.1 Å². The number of halogens is 2. The van der Waals surface area contributed by atoms with E-state index in [9.17, 15) is 0 Å². The number of benzene rings is 5. The molecule has 0 nitrogen and oxygen atoms in total. The third-order valence-corrected chi connectivity index (χ3v) is 6.77. The summed E-state index contributed by atoms with van der Waals surface area (Å²) in [6.07, 6.45) is 2.23. The van der Waals surface area contributed by atoms with Crippen LogP contribution in [0.3, 0.4) is 0 Å². The monoisotopic (exact) mass is 682 g/mol. The van der Waals surface area contributed by atoms with Gasteiger partial charge in [-0.25, -0.2) is 0 Å². The van der Waals surface area contributed by atoms with E-state index in [1.54, 1.807) is 6.92 Å². The Morgan fingerprint density at radius 3 is 1.29 bits per heavy atom. The Morgan fingerprint density at radius 2 is 0.952 bits per heavy atom. The van der Waals surface area contributed by atoms with Gasteiger partial charge in [0, 0.05) is 0 Å². The summed E-state index contributed by atoms with van der Waals surface area (Å²) in [4.78, 5) is 0. The topological polar surface area (TPSA) is 0 Å². The van der Waals surface area contributed by atoms with Gasteiger partial charge in [0.15, 0.2) is 0 Å². The molecule has 0 bridgehead atoms. The Kier molecular flexibility index (Phi) is 18.3. The smallest absolute Gasteiger partial charge is 0.171 e. The van der Waals surface area contributed by atoms with Gasteiger partial charge in [-0.3, -0.25) is 0 Å². The average molecular weight is 685 g/mol. The zero-order valence-electron chi connectivity index (χ0n) is 24.6. The van der Waals surface area contributed by atoms with Crippen molar-refractivity contribution < 1.29 is 23.3 Å². The van der Waals surface area contributed by atoms with E-state index < -0.39 is 0 Å². The van der Waals surface area contributed by atoms with E-state index in [-0.39, 0.29) is 24.8 Å². The van der Waals surface area contributed by atoms with Gasteiger partial charge in [0.25, 0.3) is 0 Å². The fourth-order valence-electron chi connectivity index (χ4n) is 4.80. The van der Waals surface area contributed by atoms with Gasteiger partial charge in [0.05, 0.1) is 0 Å². The third-order valence-electron chi connectivity index (χ3n) is 6.77. The maximum atomic E-state index is 3.25. The summed E-state index contributed by atoms with van der Waals surface area (Å²) in [6.45, 7) is 12.5. The summed E-state index contributed by atoms with van der Waals surface area (Å²) in [5.74, 6) is 0. The maximum Gasteiger partial charge on any atom is -0.171 e. The Bertz CT molecular complexity index is 1590. The summed E-state index contributed by atoms with van der Waals surface area (Å²) >= 11 is 1.36. The van der Waals surface area contributed by atoms with Crippen molar-refractivity contribution in [2.24, 2.45) is 0 Å². The van der Waals surface area contributed by atoms with Gasteiger partial charge in [-0.2, -0.15) is 55.5 Å². The first-order valence-corrected chi connectivity index (χ1v) is 18.0. The Balaban J connectivity index is 0.000000310. The molecule has 0 aliphatic rings. The van der Waals surface area contributed by atoms with Gasteiger partial charge in [-0.05, 0) is 12.8 Å². The minimum atomic E-state index is 0. The molecule has 216 valence electrons. The van der Waals surface area contributed by atoms with Crippen LogP contribution in [-0.4, -0.2) is 6.88 Å². The normalized spacial score (nSPS) is 9.40. The average Bonchev–Trinajstić information content (AvgIpc) is 3.69. The molecule has 7 rings (SSSR count). The molecule has 2 radical (unpaired) electrons. The van der Waals surface area contributed by atoms with Crippen LogP contribution >= 0.6 is 24.8 Å². The van der Waals surface area contributed by atoms with E-state index >= 15 is 0 Å². The molecule has 0 atom stereocenters. The van der Waals surface area contributed by atoms with E-state index in [2.05, 4.69) is 131 Å². The SMILES string of the molecule is CCc1cc2ccc3ccccc3c2[cH-]1.CCc1cc2ccc3ccccc3c2[cH-]1.Cl.Cl.[CH2-]C.[Si]=[Zr].[c-]1ccccc1. The third kappa shape index (κ3) is 9.78. The molecule has 0 saturated carbocycles. The van der Waals surface area contributed by atoms with Crippen LogP contribution in [0.4, 0.5) is 0 Å². The molecule has 0 N–H and O–H groups in total. The van der Waals surface area contributed by atoms with Crippen molar-refractivity contribution >= 4 is 74.8 Å². The minimum Gasteiger partial charge on any atom is -0.184 e. The van der Waals surface area contributed by atoms with Crippen LogP contribution in [0.2, 0.25) is 0 Å². The van der Waals surface area contributed by atoms with E-state index in [0.717, 1.165) is 12.8 Å². The second kappa shape index (κ2) is 20.4. The molecular weight excluding hydrogens is 647 g/mol. The number of aryl methyl sites for hydroxylation is 2. The van der Waals surface area contributed by atoms with Gasteiger partial charge < -0.3 is 6.92 Å². The first kappa shape index (κ1) is 37.5. The summed E-state index contributed by atoms with van der Waals surface area (Å²) in [5, 5.41) is 10.9. The van der Waals surface area contributed by atoms with Crippen molar-refractivity contribution in [3.05, 3.63) is 152 Å². The molecule has 0 heterocycles. The summed E-state index contributed by atoms with van der Waals surface area (Å²) in [6, 6.07) is 47.7. The molecule has 0 saturated heterocycles. The molecule has 7 aromatic carbocycles. The van der Waals surface area contributed by atoms with Crippen LogP contribution in [-0.2, 0) is 36.2 Å². The predicted octanol–water partition coefficient (Wildman–Crippen LogP) is 11.3. The van der Waals surface area contributed by atoms with Crippen LogP contribution in [0.5, 0.6) is 0 Å². The van der Waals surface area contributed by atoms with Crippen LogP contribution in [0.25, 0.3) is 43.1 Å². The molecule has 4 heteroatoms. The molecular formula is C38H38Cl2SiZr-4. The Labute approximate surface area is 281 Å². The van der Waals surface area contributed by atoms with Gasteiger partial charge >= 0.3 is 30.2 Å². The zero-order valence-corrected chi connectivity index (χ0v) is 29.7. The quantitative estimate of drug-likeness (QED) is 0.126. The standard InChI is InChI=1S/2C15H13.C6H5.C2H5.2ClH.Si.Zr/c2*1-2-11-9-13-8-7-12-5-3-4-6-14(12)15(13)10-11;1-2-4-6-5-3-1;1-2;;;;/h2*3-10H,2H2,1H3;1-5H;1H2,2H3;2*1H;;/q4*-1;;;;. The second-order valence-electron chi connectivity index (χ2n) is 9.09. The van der Waals surface area contributed by atoms with Crippen molar-refractivity contribution in [2.45, 2.75) is 33.6 Å². The van der Waals surface area contributed by atoms with Crippen molar-refractivity contribution in [3.8, 4) is 0 Å². The first-order chi connectivity index (χ1) is 19.8. The number of rotatable bonds is 2. The van der Waals surface area contributed by atoms with Crippen molar-refractivity contribution in [2.75, 3.05) is 0 Å². The first-order valence-electron chi connectivity index (χ1n) is 13.8. The molecule has 7 aromatic rings. The molecule has 0 amide bonds. The molecule has 42 heavy (non-hydrogen) atoms. The van der Waals surface area contributed by atoms with Crippen molar-refractivity contribution in [1.82, 2.24) is 0 Å². The van der Waals surface area contributed by atoms with E-state index in [0.29, 0.717) is 0 Å². The van der Waals surface area contributed by atoms with Crippen molar-refractivity contribution in [3.63, 3.8) is 0 Å². The van der Waals surface area contributed by atoms with E-state index in [4.69, 9.17) is 0 Å². The Morgan fingerprint density at radius 1 is 0.571 bits per heavy atom. The fourth-order valence-corrected chi connectivity index (χ4v) is 4.80. The summed E-state index contributed by atoms with van der Waals surface area (Å²) in [5.41, 5.74) is 2.86. The molecule has 0 aliphatic carbocycles. The number of fused-ring (bicyclic) bond motifs is 6. The Hall–Kier alpha value is -2.48. The fraction of sp³-hybridized carbons (Fsp3) is 0.132. The minimum absolute atomic E-state index is 0. The molecule has 0 spiro atoms. The number of hydrogen-bond donors (Lipinski definition) is 0. The van der Waals surface area contributed by atoms with Crippen LogP contribution in [0.1, 0.15) is 31.9 Å². The predicted molar refractivity (Wildman–Crippen MR) is 189 cm³/mol. The molecule has 0 fully saturated rings. The van der Waals surface area contributed by atoms with Gasteiger partial charge in [0.2, 0.25) is 0 Å².